The molecule has 1 unspecified atom stereocenters. The van der Waals surface area contributed by atoms with Crippen LogP contribution in [0, 0.1) is 6.92 Å². The molecule has 90 valence electrons. The standard InChI is InChI=1S/C11H20N4S/c1-9(11-8-16-10(2)12-11)13-15-6-4-14(3)5-7-15/h8-9,13H,4-7H2,1-3H3. The number of aromatic nitrogens is 1. The van der Waals surface area contributed by atoms with Crippen molar-refractivity contribution in [3.8, 4) is 0 Å². The Hall–Kier alpha value is -0.490. The average molecular weight is 240 g/mol. The van der Waals surface area contributed by atoms with Crippen LogP contribution >= 0.6 is 11.3 Å². The van der Waals surface area contributed by atoms with E-state index in [0.717, 1.165) is 36.9 Å². The van der Waals surface area contributed by atoms with Gasteiger partial charge >= 0.3 is 0 Å². The Balaban J connectivity index is 1.85. The zero-order valence-electron chi connectivity index (χ0n) is 10.2. The van der Waals surface area contributed by atoms with Gasteiger partial charge in [-0.2, -0.15) is 0 Å². The summed E-state index contributed by atoms with van der Waals surface area (Å²) in [6.45, 7) is 8.67. The van der Waals surface area contributed by atoms with Crippen LogP contribution in [0.5, 0.6) is 0 Å². The van der Waals surface area contributed by atoms with E-state index in [2.05, 4.69) is 46.6 Å². The van der Waals surface area contributed by atoms with Crippen LogP contribution in [-0.2, 0) is 0 Å². The molecular formula is C11H20N4S. The van der Waals surface area contributed by atoms with Crippen molar-refractivity contribution in [2.75, 3.05) is 33.2 Å². The molecule has 1 aromatic rings. The molecule has 2 heterocycles. The quantitative estimate of drug-likeness (QED) is 0.862. The van der Waals surface area contributed by atoms with Crippen molar-refractivity contribution in [3.63, 3.8) is 0 Å². The van der Waals surface area contributed by atoms with Crippen LogP contribution in [0.3, 0.4) is 0 Å². The Morgan fingerprint density at radius 1 is 1.38 bits per heavy atom. The molecule has 0 amide bonds. The summed E-state index contributed by atoms with van der Waals surface area (Å²) in [6, 6.07) is 0.313. The number of likely N-dealkylation sites (N-methyl/N-ethyl adjacent to an activating group) is 1. The van der Waals surface area contributed by atoms with Crippen LogP contribution in [0.25, 0.3) is 0 Å². The van der Waals surface area contributed by atoms with Crippen LogP contribution in [-0.4, -0.2) is 48.1 Å². The molecule has 1 aromatic heterocycles. The van der Waals surface area contributed by atoms with E-state index in [0.29, 0.717) is 6.04 Å². The van der Waals surface area contributed by atoms with Gasteiger partial charge in [-0.25, -0.2) is 15.4 Å². The summed E-state index contributed by atoms with van der Waals surface area (Å²) in [7, 11) is 2.17. The number of thiazole rings is 1. The highest BCUT2D eigenvalue weighted by molar-refractivity contribution is 7.09. The summed E-state index contributed by atoms with van der Waals surface area (Å²) >= 11 is 1.72. The first-order valence-corrected chi connectivity index (χ1v) is 6.65. The number of nitrogens with zero attached hydrogens (tertiary/aromatic N) is 3. The van der Waals surface area contributed by atoms with Gasteiger partial charge in [0.2, 0.25) is 0 Å². The minimum Gasteiger partial charge on any atom is -0.304 e. The first kappa shape index (κ1) is 12.0. The van der Waals surface area contributed by atoms with Crippen molar-refractivity contribution >= 4 is 11.3 Å². The number of hydrogen-bond donors (Lipinski definition) is 1. The molecule has 1 atom stereocenters. The summed E-state index contributed by atoms with van der Waals surface area (Å²) in [5.41, 5.74) is 4.67. The number of aryl methyl sites for hydroxylation is 1. The highest BCUT2D eigenvalue weighted by Gasteiger charge is 2.17. The van der Waals surface area contributed by atoms with E-state index >= 15 is 0 Å². The zero-order valence-corrected chi connectivity index (χ0v) is 11.0. The van der Waals surface area contributed by atoms with Gasteiger partial charge in [0, 0.05) is 31.6 Å². The largest absolute Gasteiger partial charge is 0.304 e. The predicted octanol–water partition coefficient (Wildman–Crippen LogP) is 1.26. The molecule has 5 heteroatoms. The predicted molar refractivity (Wildman–Crippen MR) is 67.5 cm³/mol. The van der Waals surface area contributed by atoms with Crippen LogP contribution in [0.15, 0.2) is 5.38 Å². The second kappa shape index (κ2) is 5.23. The SMILES string of the molecule is Cc1nc(C(C)NN2CCN(C)CC2)cs1. The average Bonchev–Trinajstić information content (AvgIpc) is 2.68. The molecule has 16 heavy (non-hydrogen) atoms. The van der Waals surface area contributed by atoms with E-state index in [1.807, 2.05) is 0 Å². The fraction of sp³-hybridized carbons (Fsp3) is 0.727. The Bertz CT molecular complexity index is 330. The first-order chi connectivity index (χ1) is 7.65. The minimum absolute atomic E-state index is 0.313. The molecule has 0 radical (unpaired) electrons. The van der Waals surface area contributed by atoms with Gasteiger partial charge in [0.25, 0.3) is 0 Å². The van der Waals surface area contributed by atoms with Crippen LogP contribution in [0.2, 0.25) is 0 Å². The highest BCUT2D eigenvalue weighted by Crippen LogP contribution is 2.16. The third-order valence-electron chi connectivity index (χ3n) is 2.96. The van der Waals surface area contributed by atoms with E-state index in [9.17, 15) is 0 Å². The van der Waals surface area contributed by atoms with Crippen LogP contribution in [0.1, 0.15) is 23.7 Å². The molecule has 1 aliphatic heterocycles. The van der Waals surface area contributed by atoms with E-state index in [4.69, 9.17) is 0 Å². The van der Waals surface area contributed by atoms with Crippen molar-refractivity contribution in [1.29, 1.82) is 0 Å². The lowest BCUT2D eigenvalue weighted by Gasteiger charge is -2.34. The molecule has 1 fully saturated rings. The number of piperazine rings is 1. The number of hydrogen-bond acceptors (Lipinski definition) is 5. The van der Waals surface area contributed by atoms with Gasteiger partial charge < -0.3 is 4.90 Å². The van der Waals surface area contributed by atoms with Crippen molar-refractivity contribution in [2.24, 2.45) is 0 Å². The van der Waals surface area contributed by atoms with Gasteiger partial charge in [0.1, 0.15) is 0 Å². The molecule has 4 nitrogen and oxygen atoms in total. The van der Waals surface area contributed by atoms with Crippen molar-refractivity contribution in [1.82, 2.24) is 20.3 Å². The fourth-order valence-electron chi connectivity index (χ4n) is 1.85. The zero-order chi connectivity index (χ0) is 11.5. The summed E-state index contributed by atoms with van der Waals surface area (Å²) in [5, 5.41) is 5.59. The smallest absolute Gasteiger partial charge is 0.0898 e. The Kier molecular flexibility index (Phi) is 3.91. The van der Waals surface area contributed by atoms with Crippen LogP contribution in [0.4, 0.5) is 0 Å². The van der Waals surface area contributed by atoms with Gasteiger partial charge in [-0.15, -0.1) is 11.3 Å². The maximum atomic E-state index is 4.51. The Labute approximate surface area is 101 Å². The first-order valence-electron chi connectivity index (χ1n) is 5.77. The molecular weight excluding hydrogens is 220 g/mol. The molecule has 0 spiro atoms. The highest BCUT2D eigenvalue weighted by atomic mass is 32.1. The Morgan fingerprint density at radius 3 is 2.62 bits per heavy atom. The lowest BCUT2D eigenvalue weighted by molar-refractivity contribution is 0.0892. The normalized spacial score (nSPS) is 21.2. The molecule has 0 saturated carbocycles. The monoisotopic (exact) mass is 240 g/mol. The van der Waals surface area contributed by atoms with Crippen molar-refractivity contribution in [3.05, 3.63) is 16.1 Å². The number of hydrazine groups is 1. The van der Waals surface area contributed by atoms with Gasteiger partial charge in [0.15, 0.2) is 0 Å². The fourth-order valence-corrected chi connectivity index (χ4v) is 2.56. The molecule has 1 aliphatic rings. The third-order valence-corrected chi connectivity index (χ3v) is 3.75. The second-order valence-corrected chi connectivity index (χ2v) is 5.49. The van der Waals surface area contributed by atoms with Gasteiger partial charge in [0.05, 0.1) is 16.7 Å². The molecule has 2 rings (SSSR count). The van der Waals surface area contributed by atoms with Gasteiger partial charge in [-0.05, 0) is 20.9 Å². The minimum atomic E-state index is 0.313. The number of nitrogens with one attached hydrogen (secondary N) is 1. The molecule has 1 N–H and O–H groups in total. The molecule has 1 saturated heterocycles. The van der Waals surface area contributed by atoms with E-state index < -0.39 is 0 Å². The lowest BCUT2D eigenvalue weighted by atomic mass is 10.3. The summed E-state index contributed by atoms with van der Waals surface area (Å²) in [4.78, 5) is 6.87. The van der Waals surface area contributed by atoms with E-state index in [-0.39, 0.29) is 0 Å². The second-order valence-electron chi connectivity index (χ2n) is 4.43. The maximum Gasteiger partial charge on any atom is 0.0898 e. The van der Waals surface area contributed by atoms with Gasteiger partial charge in [-0.3, -0.25) is 0 Å². The van der Waals surface area contributed by atoms with Crippen molar-refractivity contribution in [2.45, 2.75) is 19.9 Å². The third kappa shape index (κ3) is 3.01. The molecule has 0 aromatic carbocycles. The number of rotatable bonds is 3. The Morgan fingerprint density at radius 2 is 2.06 bits per heavy atom. The van der Waals surface area contributed by atoms with Crippen molar-refractivity contribution < 1.29 is 0 Å². The summed E-state index contributed by atoms with van der Waals surface area (Å²) < 4.78 is 0. The summed E-state index contributed by atoms with van der Waals surface area (Å²) in [6.07, 6.45) is 0. The van der Waals surface area contributed by atoms with Crippen LogP contribution < -0.4 is 5.43 Å². The topological polar surface area (TPSA) is 31.4 Å². The molecule has 0 aliphatic carbocycles. The molecule has 0 bridgehead atoms. The van der Waals surface area contributed by atoms with E-state index in [1.165, 1.54) is 0 Å². The van der Waals surface area contributed by atoms with E-state index in [1.54, 1.807) is 11.3 Å². The lowest BCUT2D eigenvalue weighted by Crippen LogP contribution is -2.51. The maximum absolute atomic E-state index is 4.51. The van der Waals surface area contributed by atoms with Gasteiger partial charge in [-0.1, -0.05) is 0 Å². The summed E-state index contributed by atoms with van der Waals surface area (Å²) in [5.74, 6) is 0.